The average molecular weight is 615 g/mol. The van der Waals surface area contributed by atoms with Crippen molar-refractivity contribution in [2.24, 2.45) is 11.8 Å². The van der Waals surface area contributed by atoms with Crippen LogP contribution in [0.3, 0.4) is 0 Å². The molecule has 242 valence electrons. The first kappa shape index (κ1) is 30.6. The fourth-order valence-electron chi connectivity index (χ4n) is 8.11. The van der Waals surface area contributed by atoms with E-state index in [2.05, 4.69) is 20.0 Å². The first-order chi connectivity index (χ1) is 21.9. The fourth-order valence-corrected chi connectivity index (χ4v) is 8.11. The lowest BCUT2D eigenvalue weighted by atomic mass is 9.81. The molecular weight excluding hydrogens is 564 g/mol. The Kier molecular flexibility index (Phi) is 9.11. The monoisotopic (exact) mass is 614 g/mol. The van der Waals surface area contributed by atoms with Gasteiger partial charge in [0.25, 0.3) is 0 Å². The number of ether oxygens (including phenoxy) is 1. The molecule has 7 rings (SSSR count). The van der Waals surface area contributed by atoms with Crippen molar-refractivity contribution < 1.29 is 14.3 Å². The predicted molar refractivity (Wildman–Crippen MR) is 179 cm³/mol. The maximum absolute atomic E-state index is 13.4. The first-order valence-corrected chi connectivity index (χ1v) is 17.4. The number of nitrogens with one attached hydrogen (secondary N) is 1. The van der Waals surface area contributed by atoms with E-state index in [0.29, 0.717) is 37.4 Å². The van der Waals surface area contributed by atoms with Crippen LogP contribution in [0, 0.1) is 11.8 Å². The molecule has 2 saturated heterocycles. The number of anilines is 4. The van der Waals surface area contributed by atoms with Gasteiger partial charge in [0.2, 0.25) is 5.91 Å². The molecule has 0 radical (unpaired) electrons. The Morgan fingerprint density at radius 2 is 1.64 bits per heavy atom. The minimum atomic E-state index is -0.286. The molecule has 4 fully saturated rings. The zero-order chi connectivity index (χ0) is 30.9. The number of nitrogens with zero attached hydrogens (tertiary/aromatic N) is 5. The molecule has 0 spiro atoms. The van der Waals surface area contributed by atoms with Gasteiger partial charge in [-0.05, 0) is 94.4 Å². The third-order valence-corrected chi connectivity index (χ3v) is 11.0. The van der Waals surface area contributed by atoms with Crippen LogP contribution < -0.4 is 15.1 Å². The highest BCUT2D eigenvalue weighted by Gasteiger charge is 2.39. The van der Waals surface area contributed by atoms with Crippen molar-refractivity contribution in [1.29, 1.82) is 0 Å². The van der Waals surface area contributed by atoms with Crippen LogP contribution in [0.15, 0.2) is 36.4 Å². The number of rotatable bonds is 9. The van der Waals surface area contributed by atoms with Gasteiger partial charge >= 0.3 is 0 Å². The number of fused-ring (bicyclic) bond motifs is 1. The molecule has 4 heterocycles. The number of amides is 1. The summed E-state index contributed by atoms with van der Waals surface area (Å²) >= 11 is 0. The van der Waals surface area contributed by atoms with E-state index in [1.165, 1.54) is 58.4 Å². The van der Waals surface area contributed by atoms with Crippen molar-refractivity contribution in [1.82, 2.24) is 14.8 Å². The maximum Gasteiger partial charge on any atom is 0.249 e. The van der Waals surface area contributed by atoms with Crippen molar-refractivity contribution >= 4 is 34.7 Å². The SMILES string of the molecule is C[C@@H]1C(=O)N(C)c2ccc(Nc3cccc(C(=O)CC4CCC(N5CCN(CC6CC6)CC5)CC4)c3)nc2N1C1CCOCC1. The highest BCUT2D eigenvalue weighted by Crippen LogP contribution is 2.39. The number of aromatic nitrogens is 1. The average Bonchev–Trinajstić information content (AvgIpc) is 3.89. The minimum Gasteiger partial charge on any atom is -0.381 e. The maximum atomic E-state index is 13.4. The normalized spacial score (nSPS) is 27.0. The molecule has 9 heteroatoms. The molecule has 1 atom stereocenters. The lowest BCUT2D eigenvalue weighted by Gasteiger charge is -2.44. The van der Waals surface area contributed by atoms with Gasteiger partial charge in [0.1, 0.15) is 11.9 Å². The second kappa shape index (κ2) is 13.4. The molecule has 1 N–H and O–H groups in total. The number of likely N-dealkylation sites (N-methyl/N-ethyl adjacent to an activating group) is 1. The van der Waals surface area contributed by atoms with Gasteiger partial charge < -0.3 is 24.8 Å². The molecule has 1 amide bonds. The van der Waals surface area contributed by atoms with Gasteiger partial charge in [0.05, 0.1) is 5.69 Å². The third kappa shape index (κ3) is 6.91. The number of piperazine rings is 1. The highest BCUT2D eigenvalue weighted by molar-refractivity contribution is 6.04. The number of ketones is 1. The van der Waals surface area contributed by atoms with E-state index in [1.807, 2.05) is 50.4 Å². The van der Waals surface area contributed by atoms with E-state index in [0.717, 1.165) is 54.4 Å². The Bertz CT molecular complexity index is 1360. The van der Waals surface area contributed by atoms with Gasteiger partial charge in [-0.25, -0.2) is 4.98 Å². The molecule has 45 heavy (non-hydrogen) atoms. The summed E-state index contributed by atoms with van der Waals surface area (Å²) in [5.74, 6) is 3.30. The van der Waals surface area contributed by atoms with Gasteiger partial charge in [-0.15, -0.1) is 0 Å². The summed E-state index contributed by atoms with van der Waals surface area (Å²) in [6.07, 6.45) is 9.99. The Labute approximate surface area is 268 Å². The standard InChI is InChI=1S/C36H50N6O3/c1-25-36(44)39(2)32-12-13-34(38-35(32)42(25)31-14-20-45-21-15-31)37-29-5-3-4-28(23-29)33(43)22-26-8-10-30(11-9-26)41-18-16-40(17-19-41)24-27-6-7-27/h3-5,12-13,23,25-27,30-31H,6-11,14-22,24H2,1-2H3,(H,37,38)/t25-,26?,30?/m1/s1. The van der Waals surface area contributed by atoms with Crippen LogP contribution in [-0.4, -0.2) is 97.6 Å². The Balaban J connectivity index is 0.955. The minimum absolute atomic E-state index is 0.0816. The summed E-state index contributed by atoms with van der Waals surface area (Å²) in [6.45, 7) is 9.56. The van der Waals surface area contributed by atoms with Crippen LogP contribution in [0.4, 0.5) is 23.0 Å². The molecule has 2 aromatic rings. The predicted octanol–water partition coefficient (Wildman–Crippen LogP) is 5.33. The molecule has 1 aromatic carbocycles. The van der Waals surface area contributed by atoms with Gasteiger partial charge in [0.15, 0.2) is 11.6 Å². The highest BCUT2D eigenvalue weighted by atomic mass is 16.5. The summed E-state index contributed by atoms with van der Waals surface area (Å²) in [7, 11) is 1.83. The summed E-state index contributed by atoms with van der Waals surface area (Å²) < 4.78 is 5.60. The van der Waals surface area contributed by atoms with E-state index in [-0.39, 0.29) is 23.8 Å². The second-order valence-corrected chi connectivity index (χ2v) is 14.2. The number of pyridine rings is 1. The number of benzene rings is 1. The van der Waals surface area contributed by atoms with Crippen LogP contribution in [0.1, 0.15) is 75.1 Å². The summed E-state index contributed by atoms with van der Waals surface area (Å²) in [6, 6.07) is 12.4. The Hall–Kier alpha value is -3.01. The van der Waals surface area contributed by atoms with E-state index >= 15 is 0 Å². The third-order valence-electron chi connectivity index (χ3n) is 11.0. The van der Waals surface area contributed by atoms with Crippen LogP contribution in [-0.2, 0) is 9.53 Å². The molecular formula is C36H50N6O3. The van der Waals surface area contributed by atoms with E-state index in [4.69, 9.17) is 9.72 Å². The van der Waals surface area contributed by atoms with Crippen molar-refractivity contribution in [2.45, 2.75) is 82.8 Å². The first-order valence-electron chi connectivity index (χ1n) is 17.4. The molecule has 2 saturated carbocycles. The van der Waals surface area contributed by atoms with E-state index in [9.17, 15) is 9.59 Å². The molecule has 2 aliphatic carbocycles. The van der Waals surface area contributed by atoms with E-state index in [1.54, 1.807) is 4.90 Å². The van der Waals surface area contributed by atoms with Crippen molar-refractivity contribution in [2.75, 3.05) is 68.1 Å². The molecule has 5 aliphatic rings. The Morgan fingerprint density at radius 3 is 2.38 bits per heavy atom. The fraction of sp³-hybridized carbons (Fsp3) is 0.639. The zero-order valence-corrected chi connectivity index (χ0v) is 27.1. The van der Waals surface area contributed by atoms with Crippen LogP contribution in [0.2, 0.25) is 0 Å². The quantitative estimate of drug-likeness (QED) is 0.380. The number of hydrogen-bond donors (Lipinski definition) is 1. The lowest BCUT2D eigenvalue weighted by Crippen LogP contribution is -2.56. The number of carbonyl (C=O) groups excluding carboxylic acids is 2. The summed E-state index contributed by atoms with van der Waals surface area (Å²) in [5, 5.41) is 3.45. The van der Waals surface area contributed by atoms with Crippen LogP contribution in [0.5, 0.6) is 0 Å². The van der Waals surface area contributed by atoms with Gasteiger partial charge in [0, 0.05) is 82.7 Å². The number of Topliss-reactive ketones (excluding diaryl/α,β-unsaturated/α-hetero) is 1. The van der Waals surface area contributed by atoms with Gasteiger partial charge in [-0.3, -0.25) is 14.5 Å². The smallest absolute Gasteiger partial charge is 0.249 e. The van der Waals surface area contributed by atoms with Gasteiger partial charge in [-0.1, -0.05) is 12.1 Å². The van der Waals surface area contributed by atoms with Crippen molar-refractivity contribution in [3.05, 3.63) is 42.0 Å². The Morgan fingerprint density at radius 1 is 0.911 bits per heavy atom. The molecule has 1 aromatic heterocycles. The van der Waals surface area contributed by atoms with Crippen molar-refractivity contribution in [3.8, 4) is 0 Å². The molecule has 0 bridgehead atoms. The zero-order valence-electron chi connectivity index (χ0n) is 27.1. The van der Waals surface area contributed by atoms with Crippen molar-refractivity contribution in [3.63, 3.8) is 0 Å². The number of hydrogen-bond acceptors (Lipinski definition) is 8. The van der Waals surface area contributed by atoms with E-state index < -0.39 is 0 Å². The lowest BCUT2D eigenvalue weighted by molar-refractivity contribution is -0.119. The molecule has 9 nitrogen and oxygen atoms in total. The summed E-state index contributed by atoms with van der Waals surface area (Å²) in [5.41, 5.74) is 2.43. The van der Waals surface area contributed by atoms with Gasteiger partial charge in [-0.2, -0.15) is 0 Å². The molecule has 3 aliphatic heterocycles. The number of carbonyl (C=O) groups is 2. The summed E-state index contributed by atoms with van der Waals surface area (Å²) in [4.78, 5) is 40.8. The topological polar surface area (TPSA) is 81.2 Å². The second-order valence-electron chi connectivity index (χ2n) is 14.2. The molecule has 0 unspecified atom stereocenters. The largest absolute Gasteiger partial charge is 0.381 e. The van der Waals surface area contributed by atoms with Crippen LogP contribution in [0.25, 0.3) is 0 Å². The van der Waals surface area contributed by atoms with Crippen LogP contribution >= 0.6 is 0 Å².